The van der Waals surface area contributed by atoms with E-state index in [4.69, 9.17) is 13.9 Å². The van der Waals surface area contributed by atoms with Crippen LogP contribution in [0.15, 0.2) is 70.0 Å². The Morgan fingerprint density at radius 2 is 1.32 bits per heavy atom. The number of esters is 2. The van der Waals surface area contributed by atoms with Gasteiger partial charge in [0.2, 0.25) is 5.71 Å². The lowest BCUT2D eigenvalue weighted by atomic mass is 9.97. The molecule has 0 aliphatic rings. The van der Waals surface area contributed by atoms with Crippen LogP contribution in [0.3, 0.4) is 0 Å². The zero-order valence-electron chi connectivity index (χ0n) is 17.2. The molecule has 2 aromatic carbocycles. The molecule has 0 bridgehead atoms. The topological polar surface area (TPSA) is 87.7 Å². The number of rotatable bonds is 4. The van der Waals surface area contributed by atoms with Gasteiger partial charge in [-0.3, -0.25) is 4.79 Å². The summed E-state index contributed by atoms with van der Waals surface area (Å²) in [5, 5.41) is 0.433. The van der Waals surface area contributed by atoms with Crippen molar-refractivity contribution in [2.75, 3.05) is 14.2 Å². The number of benzene rings is 2. The fourth-order valence-corrected chi connectivity index (χ4v) is 3.47. The molecule has 0 atom stereocenters. The van der Waals surface area contributed by atoms with E-state index in [0.717, 1.165) is 0 Å². The average molecular weight is 417 g/mol. The van der Waals surface area contributed by atoms with Crippen LogP contribution in [-0.4, -0.2) is 30.7 Å². The van der Waals surface area contributed by atoms with Gasteiger partial charge in [0.15, 0.2) is 5.43 Å². The molecule has 0 unspecified atom stereocenters. The molecule has 4 aromatic rings. The van der Waals surface area contributed by atoms with Crippen molar-refractivity contribution in [1.82, 2.24) is 4.57 Å². The minimum atomic E-state index is -0.446. The fourth-order valence-electron chi connectivity index (χ4n) is 3.47. The molecular weight excluding hydrogens is 398 g/mol. The zero-order chi connectivity index (χ0) is 22.1. The zero-order valence-corrected chi connectivity index (χ0v) is 17.2. The summed E-state index contributed by atoms with van der Waals surface area (Å²) in [4.78, 5) is 36.3. The van der Waals surface area contributed by atoms with Crippen LogP contribution < -0.4 is 5.43 Å². The van der Waals surface area contributed by atoms with Gasteiger partial charge in [0, 0.05) is 30.4 Å². The number of ether oxygens (including phenoxy) is 2. The number of pyridine rings is 1. The number of carbonyl (C=O) groups is 2. The molecule has 2 heterocycles. The van der Waals surface area contributed by atoms with Crippen LogP contribution in [0.25, 0.3) is 33.6 Å². The number of carbonyl (C=O) groups excluding carboxylic acids is 2. The first kappa shape index (κ1) is 20.2. The second-order valence-corrected chi connectivity index (χ2v) is 6.92. The third kappa shape index (κ3) is 3.50. The largest absolute Gasteiger partial charge is 0.465 e. The number of furan rings is 1. The number of hydrogen-bond acceptors (Lipinski definition) is 6. The maximum absolute atomic E-state index is 12.8. The van der Waals surface area contributed by atoms with Crippen LogP contribution in [0.4, 0.5) is 0 Å². The molecule has 0 spiro atoms. The van der Waals surface area contributed by atoms with Gasteiger partial charge in [0.1, 0.15) is 5.76 Å². The second kappa shape index (κ2) is 7.95. The van der Waals surface area contributed by atoms with Gasteiger partial charge in [-0.1, -0.05) is 24.3 Å². The van der Waals surface area contributed by atoms with Crippen molar-refractivity contribution in [3.63, 3.8) is 0 Å². The summed E-state index contributed by atoms with van der Waals surface area (Å²) >= 11 is 0. The standard InChI is InChI=1S/C24H19NO6/c1-25-13-12-18(26)20-19(14-4-8-16(9-5-14)23(27)29-2)21(31-22(20)25)15-6-10-17(11-7-15)24(28)30-3/h4-13H,1-3H3. The lowest BCUT2D eigenvalue weighted by Crippen LogP contribution is -2.04. The van der Waals surface area contributed by atoms with Crippen LogP contribution in [0.5, 0.6) is 0 Å². The average Bonchev–Trinajstić information content (AvgIpc) is 3.22. The Morgan fingerprint density at radius 1 is 0.806 bits per heavy atom. The minimum Gasteiger partial charge on any atom is -0.465 e. The number of aryl methyl sites for hydroxylation is 1. The molecule has 0 radical (unpaired) electrons. The van der Waals surface area contributed by atoms with Crippen LogP contribution >= 0.6 is 0 Å². The van der Waals surface area contributed by atoms with Gasteiger partial charge in [-0.2, -0.15) is 0 Å². The summed E-state index contributed by atoms with van der Waals surface area (Å²) in [6.45, 7) is 0. The van der Waals surface area contributed by atoms with Gasteiger partial charge in [0.05, 0.1) is 30.7 Å². The molecule has 0 amide bonds. The Hall–Kier alpha value is -4.13. The van der Waals surface area contributed by atoms with Gasteiger partial charge in [-0.25, -0.2) is 9.59 Å². The van der Waals surface area contributed by atoms with Crippen LogP contribution in [0, 0.1) is 0 Å². The van der Waals surface area contributed by atoms with Crippen molar-refractivity contribution in [1.29, 1.82) is 0 Å². The van der Waals surface area contributed by atoms with Gasteiger partial charge in [-0.05, 0) is 29.8 Å². The van der Waals surface area contributed by atoms with Crippen molar-refractivity contribution in [2.45, 2.75) is 0 Å². The maximum Gasteiger partial charge on any atom is 0.337 e. The summed E-state index contributed by atoms with van der Waals surface area (Å²) in [7, 11) is 4.43. The highest BCUT2D eigenvalue weighted by atomic mass is 16.5. The predicted octanol–water partition coefficient (Wildman–Crippen LogP) is 4.04. The molecule has 31 heavy (non-hydrogen) atoms. The van der Waals surface area contributed by atoms with E-state index >= 15 is 0 Å². The third-order valence-corrected chi connectivity index (χ3v) is 5.07. The van der Waals surface area contributed by atoms with Gasteiger partial charge in [0.25, 0.3) is 0 Å². The molecule has 7 heteroatoms. The third-order valence-electron chi connectivity index (χ3n) is 5.07. The molecule has 0 N–H and O–H groups in total. The molecule has 0 saturated carbocycles. The smallest absolute Gasteiger partial charge is 0.337 e. The molecule has 156 valence electrons. The van der Waals surface area contributed by atoms with E-state index in [2.05, 4.69) is 0 Å². The molecule has 7 nitrogen and oxygen atoms in total. The Bertz CT molecular complexity index is 1340. The quantitative estimate of drug-likeness (QED) is 0.466. The SMILES string of the molecule is COC(=O)c1ccc(-c2oc3c(c2-c2ccc(C(=O)OC)cc2)c(=O)ccn3C)cc1. The first-order valence-electron chi connectivity index (χ1n) is 9.44. The van der Waals surface area contributed by atoms with E-state index in [0.29, 0.717) is 44.7 Å². The Morgan fingerprint density at radius 3 is 1.84 bits per heavy atom. The number of methoxy groups -OCH3 is 2. The number of hydrogen-bond donors (Lipinski definition) is 0. The monoisotopic (exact) mass is 417 g/mol. The van der Waals surface area contributed by atoms with Gasteiger partial charge >= 0.3 is 11.9 Å². The normalized spacial score (nSPS) is 10.8. The highest BCUT2D eigenvalue weighted by Gasteiger charge is 2.22. The number of aromatic nitrogens is 1. The molecule has 2 aromatic heterocycles. The predicted molar refractivity (Wildman–Crippen MR) is 115 cm³/mol. The molecule has 0 aliphatic carbocycles. The molecule has 0 saturated heterocycles. The number of nitrogens with zero attached hydrogens (tertiary/aromatic N) is 1. The van der Waals surface area contributed by atoms with E-state index in [1.54, 1.807) is 66.3 Å². The summed E-state index contributed by atoms with van der Waals surface area (Å²) in [5.41, 5.74) is 3.06. The Labute approximate surface area is 177 Å². The van der Waals surface area contributed by atoms with Crippen molar-refractivity contribution < 1.29 is 23.5 Å². The van der Waals surface area contributed by atoms with E-state index in [1.807, 2.05) is 0 Å². The lowest BCUT2D eigenvalue weighted by molar-refractivity contribution is 0.0592. The second-order valence-electron chi connectivity index (χ2n) is 6.92. The number of fused-ring (bicyclic) bond motifs is 1. The van der Waals surface area contributed by atoms with E-state index in [1.165, 1.54) is 20.3 Å². The van der Waals surface area contributed by atoms with Crippen LogP contribution in [-0.2, 0) is 16.5 Å². The fraction of sp³-hybridized carbons (Fsp3) is 0.125. The Kier molecular flexibility index (Phi) is 5.17. The van der Waals surface area contributed by atoms with Gasteiger partial charge in [-0.15, -0.1) is 0 Å². The van der Waals surface area contributed by atoms with Crippen molar-refractivity contribution in [3.8, 4) is 22.5 Å². The summed E-state index contributed by atoms with van der Waals surface area (Å²) in [5.74, 6) is -0.405. The molecule has 4 rings (SSSR count). The first-order valence-corrected chi connectivity index (χ1v) is 9.44. The highest BCUT2D eigenvalue weighted by molar-refractivity contribution is 6.01. The van der Waals surface area contributed by atoms with Crippen molar-refractivity contribution in [3.05, 3.63) is 82.1 Å². The first-order chi connectivity index (χ1) is 14.9. The molecule has 0 aliphatic heterocycles. The van der Waals surface area contributed by atoms with E-state index in [9.17, 15) is 14.4 Å². The van der Waals surface area contributed by atoms with Crippen molar-refractivity contribution in [2.24, 2.45) is 7.05 Å². The van der Waals surface area contributed by atoms with Crippen LogP contribution in [0.2, 0.25) is 0 Å². The summed E-state index contributed by atoms with van der Waals surface area (Å²) in [6.07, 6.45) is 1.64. The lowest BCUT2D eigenvalue weighted by Gasteiger charge is -2.06. The van der Waals surface area contributed by atoms with E-state index in [-0.39, 0.29) is 5.43 Å². The molecule has 0 fully saturated rings. The minimum absolute atomic E-state index is 0.179. The summed E-state index contributed by atoms with van der Waals surface area (Å²) < 4.78 is 17.4. The molecular formula is C24H19NO6. The Balaban J connectivity index is 1.95. The highest BCUT2D eigenvalue weighted by Crippen LogP contribution is 2.39. The maximum atomic E-state index is 12.8. The van der Waals surface area contributed by atoms with Crippen LogP contribution in [0.1, 0.15) is 20.7 Å². The summed E-state index contributed by atoms with van der Waals surface area (Å²) in [6, 6.07) is 15.0. The van der Waals surface area contributed by atoms with Crippen molar-refractivity contribution >= 4 is 23.0 Å². The van der Waals surface area contributed by atoms with Gasteiger partial charge < -0.3 is 18.5 Å². The van der Waals surface area contributed by atoms with E-state index < -0.39 is 11.9 Å².